The van der Waals surface area contributed by atoms with Gasteiger partial charge in [0.15, 0.2) is 6.20 Å². The van der Waals surface area contributed by atoms with Crippen molar-refractivity contribution in [3.8, 4) is 33.8 Å². The normalized spacial score (nSPS) is 11.8. The molecule has 0 aliphatic carbocycles. The molecule has 6 aromatic rings. The number of nitrogens with one attached hydrogen (secondary N) is 2. The average Bonchev–Trinajstić information content (AvgIpc) is 3.58. The van der Waals surface area contributed by atoms with Gasteiger partial charge in [-0.1, -0.05) is 6.07 Å². The lowest BCUT2D eigenvalue weighted by Crippen LogP contribution is -2.30. The number of sulfonamides is 1. The summed E-state index contributed by atoms with van der Waals surface area (Å²) in [6, 6.07) is 19.1. The molecule has 8 nitrogen and oxygen atoms in total. The number of H-pyrrole nitrogens is 1. The second-order valence-electron chi connectivity index (χ2n) is 10.3. The number of aromatic nitrogens is 2. The van der Waals surface area contributed by atoms with Crippen LogP contribution in [-0.2, 0) is 17.1 Å². The first kappa shape index (κ1) is 28.1. The van der Waals surface area contributed by atoms with Crippen LogP contribution < -0.4 is 14.2 Å². The standard InChI is InChI=1S/C32H26F2N4O4S/c1-35-32(39)30-23-15-21(19-12-13-37(2)28(14-19)26-16-22-24(34)6-5-7-25(22)36-26)27(38(3)43(4,40)41)17-29(23)42-31(30)18-8-10-20(33)11-9-18/h5-17H,1-4H3,(H,35,39)/p+1. The zero-order chi connectivity index (χ0) is 30.6. The average molecular weight is 602 g/mol. The largest absolute Gasteiger partial charge is 0.455 e. The molecule has 3 aromatic carbocycles. The molecule has 3 aromatic heterocycles. The molecule has 0 fully saturated rings. The molecule has 0 atom stereocenters. The lowest BCUT2D eigenvalue weighted by atomic mass is 9.98. The van der Waals surface area contributed by atoms with Gasteiger partial charge in [-0.3, -0.25) is 9.10 Å². The Morgan fingerprint density at radius 1 is 0.977 bits per heavy atom. The van der Waals surface area contributed by atoms with Gasteiger partial charge in [0.25, 0.3) is 5.91 Å². The zero-order valence-corrected chi connectivity index (χ0v) is 24.5. The van der Waals surface area contributed by atoms with Crippen molar-refractivity contribution in [1.82, 2.24) is 10.3 Å². The van der Waals surface area contributed by atoms with Crippen LogP contribution in [0.5, 0.6) is 0 Å². The van der Waals surface area contributed by atoms with E-state index in [-0.39, 0.29) is 22.7 Å². The van der Waals surface area contributed by atoms with E-state index in [2.05, 4.69) is 10.3 Å². The van der Waals surface area contributed by atoms with Crippen molar-refractivity contribution in [1.29, 1.82) is 0 Å². The maximum Gasteiger partial charge on any atom is 0.255 e. The van der Waals surface area contributed by atoms with Gasteiger partial charge in [0.2, 0.25) is 15.7 Å². The molecule has 0 saturated carbocycles. The molecule has 0 bridgehead atoms. The molecule has 2 N–H and O–H groups in total. The number of fused-ring (bicyclic) bond motifs is 2. The van der Waals surface area contributed by atoms with E-state index in [1.807, 2.05) is 29.9 Å². The molecular formula is C32H27F2N4O4S+. The number of pyridine rings is 1. The first-order chi connectivity index (χ1) is 20.5. The highest BCUT2D eigenvalue weighted by atomic mass is 32.2. The van der Waals surface area contributed by atoms with Gasteiger partial charge in [-0.05, 0) is 54.1 Å². The number of benzene rings is 3. The summed E-state index contributed by atoms with van der Waals surface area (Å²) in [7, 11) is 1.07. The van der Waals surface area contributed by atoms with E-state index in [9.17, 15) is 22.0 Å². The highest BCUT2D eigenvalue weighted by Gasteiger charge is 2.27. The molecule has 11 heteroatoms. The summed E-state index contributed by atoms with van der Waals surface area (Å²) in [6.07, 6.45) is 2.92. The number of rotatable bonds is 6. The zero-order valence-electron chi connectivity index (χ0n) is 23.7. The SMILES string of the molecule is CNC(=O)c1c(-c2ccc(F)cc2)oc2cc(N(C)S(C)(=O)=O)c(-c3cc[n+](C)c(-c4cc5c(F)cccc5[nH]4)c3)cc12. The van der Waals surface area contributed by atoms with Gasteiger partial charge >= 0.3 is 0 Å². The van der Waals surface area contributed by atoms with Crippen LogP contribution in [0.4, 0.5) is 14.5 Å². The van der Waals surface area contributed by atoms with Crippen molar-refractivity contribution in [2.45, 2.75) is 0 Å². The van der Waals surface area contributed by atoms with Crippen LogP contribution in [0.3, 0.4) is 0 Å². The fourth-order valence-corrected chi connectivity index (χ4v) is 5.73. The minimum Gasteiger partial charge on any atom is -0.455 e. The molecule has 0 aliphatic rings. The number of amides is 1. The Hall–Kier alpha value is -5.03. The Kier molecular flexibility index (Phi) is 6.77. The molecule has 0 saturated heterocycles. The minimum absolute atomic E-state index is 0.222. The third-order valence-corrected chi connectivity index (χ3v) is 8.74. The first-order valence-electron chi connectivity index (χ1n) is 13.3. The third-order valence-electron chi connectivity index (χ3n) is 7.55. The second-order valence-corrected chi connectivity index (χ2v) is 12.3. The van der Waals surface area contributed by atoms with E-state index in [0.29, 0.717) is 50.1 Å². The summed E-state index contributed by atoms with van der Waals surface area (Å²) in [5.41, 5.74) is 4.49. The van der Waals surface area contributed by atoms with Gasteiger partial charge in [-0.2, -0.15) is 4.57 Å². The molecule has 0 unspecified atom stereocenters. The molecule has 43 heavy (non-hydrogen) atoms. The maximum absolute atomic E-state index is 14.5. The predicted octanol–water partition coefficient (Wildman–Crippen LogP) is 5.77. The summed E-state index contributed by atoms with van der Waals surface area (Å²) in [6.45, 7) is 0. The van der Waals surface area contributed by atoms with E-state index in [0.717, 1.165) is 10.6 Å². The number of aryl methyl sites for hydroxylation is 1. The number of carbonyl (C=O) groups is 1. The number of hydrogen-bond donors (Lipinski definition) is 2. The summed E-state index contributed by atoms with van der Waals surface area (Å²) in [5, 5.41) is 3.53. The highest BCUT2D eigenvalue weighted by Crippen LogP contribution is 2.41. The summed E-state index contributed by atoms with van der Waals surface area (Å²) >= 11 is 0. The van der Waals surface area contributed by atoms with E-state index < -0.39 is 21.7 Å². The van der Waals surface area contributed by atoms with Crippen LogP contribution in [0.1, 0.15) is 10.4 Å². The molecule has 3 heterocycles. The molecular weight excluding hydrogens is 574 g/mol. The Morgan fingerprint density at radius 3 is 2.40 bits per heavy atom. The topological polar surface area (TPSA) is 99.3 Å². The monoisotopic (exact) mass is 601 g/mol. The van der Waals surface area contributed by atoms with Crippen molar-refractivity contribution < 1.29 is 31.0 Å². The predicted molar refractivity (Wildman–Crippen MR) is 162 cm³/mol. The van der Waals surface area contributed by atoms with E-state index in [1.54, 1.807) is 30.3 Å². The molecule has 0 radical (unpaired) electrons. The Labute approximate surface area is 246 Å². The third kappa shape index (κ3) is 4.91. The molecule has 1 amide bonds. The van der Waals surface area contributed by atoms with E-state index in [4.69, 9.17) is 4.42 Å². The molecule has 0 aliphatic heterocycles. The van der Waals surface area contributed by atoms with E-state index >= 15 is 0 Å². The van der Waals surface area contributed by atoms with Crippen LogP contribution in [0, 0.1) is 11.6 Å². The Balaban J connectivity index is 1.63. The highest BCUT2D eigenvalue weighted by molar-refractivity contribution is 7.92. The van der Waals surface area contributed by atoms with Gasteiger partial charge in [-0.25, -0.2) is 17.2 Å². The van der Waals surface area contributed by atoms with Crippen molar-refractivity contribution in [3.63, 3.8) is 0 Å². The second kappa shape index (κ2) is 10.4. The summed E-state index contributed by atoms with van der Waals surface area (Å²) < 4.78 is 62.9. The maximum atomic E-state index is 14.5. The lowest BCUT2D eigenvalue weighted by molar-refractivity contribution is -0.660. The first-order valence-corrected chi connectivity index (χ1v) is 15.1. The molecule has 0 spiro atoms. The van der Waals surface area contributed by atoms with Gasteiger partial charge in [0.1, 0.15) is 35.7 Å². The minimum atomic E-state index is -3.71. The van der Waals surface area contributed by atoms with Gasteiger partial charge in [0.05, 0.1) is 17.5 Å². The van der Waals surface area contributed by atoms with Crippen LogP contribution in [0.25, 0.3) is 55.7 Å². The van der Waals surface area contributed by atoms with Crippen molar-refractivity contribution in [2.75, 3.05) is 24.7 Å². The summed E-state index contributed by atoms with van der Waals surface area (Å²) in [4.78, 5) is 16.4. The Morgan fingerprint density at radius 2 is 1.72 bits per heavy atom. The number of hydrogen-bond acceptors (Lipinski definition) is 4. The van der Waals surface area contributed by atoms with Crippen molar-refractivity contribution in [3.05, 3.63) is 96.2 Å². The van der Waals surface area contributed by atoms with Crippen LogP contribution >= 0.6 is 0 Å². The number of carbonyl (C=O) groups excluding carboxylic acids is 1. The number of aromatic amines is 1. The molecule has 6 rings (SSSR count). The number of anilines is 1. The van der Waals surface area contributed by atoms with Crippen molar-refractivity contribution in [2.24, 2.45) is 7.05 Å². The number of halogens is 2. The lowest BCUT2D eigenvalue weighted by Gasteiger charge is -2.20. The van der Waals surface area contributed by atoms with Crippen LogP contribution in [-0.4, -0.2) is 39.7 Å². The fourth-order valence-electron chi connectivity index (χ4n) is 5.22. The number of furan rings is 1. The van der Waals surface area contributed by atoms with E-state index in [1.165, 1.54) is 44.4 Å². The van der Waals surface area contributed by atoms with Gasteiger partial charge < -0.3 is 14.7 Å². The van der Waals surface area contributed by atoms with Gasteiger partial charge in [0, 0.05) is 59.7 Å². The fraction of sp³-hybridized carbons (Fsp3) is 0.125. The number of nitrogens with zero attached hydrogens (tertiary/aromatic N) is 2. The van der Waals surface area contributed by atoms with Gasteiger partial charge in [-0.15, -0.1) is 0 Å². The molecule has 218 valence electrons. The van der Waals surface area contributed by atoms with Crippen LogP contribution in [0.15, 0.2) is 83.4 Å². The smallest absolute Gasteiger partial charge is 0.255 e. The quantitative estimate of drug-likeness (QED) is 0.237. The van der Waals surface area contributed by atoms with Crippen LogP contribution in [0.2, 0.25) is 0 Å². The summed E-state index contributed by atoms with van der Waals surface area (Å²) in [5.74, 6) is -0.986. The Bertz CT molecular complexity index is 2170. The van der Waals surface area contributed by atoms with Crippen molar-refractivity contribution >= 4 is 43.5 Å².